The number of nitrogens with zero attached hydrogens (tertiary/aromatic N) is 3. The Kier molecular flexibility index (Phi) is 10.6. The van der Waals surface area contributed by atoms with Gasteiger partial charge in [-0.2, -0.15) is 0 Å². The minimum Gasteiger partial charge on any atom is -0.383 e. The Balaban J connectivity index is 1.56. The molecule has 2 amide bonds. The number of carbonyl (C=O) groups excluding carboxylic acids is 2. The fraction of sp³-hybridized carbons (Fsp3) is 0.353. The topological polar surface area (TPSA) is 68.9 Å². The third-order valence-electron chi connectivity index (χ3n) is 7.62. The number of fused-ring (bicyclic) bond motifs is 1. The van der Waals surface area contributed by atoms with Crippen molar-refractivity contribution in [3.63, 3.8) is 0 Å². The van der Waals surface area contributed by atoms with E-state index in [1.165, 1.54) is 10.9 Å². The first-order valence-electron chi connectivity index (χ1n) is 14.3. The highest BCUT2D eigenvalue weighted by atomic mass is 16.5. The maximum absolute atomic E-state index is 13.9. The molecule has 1 atom stereocenters. The minimum absolute atomic E-state index is 0.00912. The molecule has 0 aliphatic carbocycles. The summed E-state index contributed by atoms with van der Waals surface area (Å²) in [4.78, 5) is 36.7. The molecule has 0 fully saturated rings. The third kappa shape index (κ3) is 7.76. The molecule has 0 aliphatic heterocycles. The summed E-state index contributed by atoms with van der Waals surface area (Å²) < 4.78 is 5.32. The van der Waals surface area contributed by atoms with Gasteiger partial charge >= 0.3 is 0 Å². The Morgan fingerprint density at radius 1 is 0.878 bits per heavy atom. The van der Waals surface area contributed by atoms with E-state index in [4.69, 9.17) is 4.74 Å². The number of aromatic nitrogens is 1. The second-order valence-electron chi connectivity index (χ2n) is 10.6. The van der Waals surface area contributed by atoms with Crippen LogP contribution in [0, 0.1) is 0 Å². The van der Waals surface area contributed by atoms with Crippen molar-refractivity contribution in [2.45, 2.75) is 32.2 Å². The van der Waals surface area contributed by atoms with E-state index >= 15 is 0 Å². The van der Waals surface area contributed by atoms with Crippen LogP contribution in [0.1, 0.15) is 36.0 Å². The van der Waals surface area contributed by atoms with Crippen LogP contribution >= 0.6 is 0 Å². The second kappa shape index (κ2) is 14.5. The van der Waals surface area contributed by atoms with E-state index in [2.05, 4.69) is 46.3 Å². The van der Waals surface area contributed by atoms with Gasteiger partial charge in [0.1, 0.15) is 0 Å². The van der Waals surface area contributed by atoms with Crippen molar-refractivity contribution in [3.8, 4) is 0 Å². The molecule has 1 heterocycles. The lowest BCUT2D eigenvalue weighted by Gasteiger charge is -2.30. The molecule has 3 aromatic carbocycles. The van der Waals surface area contributed by atoms with E-state index in [1.807, 2.05) is 74.6 Å². The number of methoxy groups -OCH3 is 1. The number of hydrogen-bond acceptors (Lipinski definition) is 4. The molecular weight excluding hydrogens is 512 g/mol. The van der Waals surface area contributed by atoms with Gasteiger partial charge in [0, 0.05) is 63.6 Å². The normalized spacial score (nSPS) is 11.8. The van der Waals surface area contributed by atoms with Crippen LogP contribution in [0.4, 0.5) is 5.69 Å². The van der Waals surface area contributed by atoms with Crippen molar-refractivity contribution in [2.75, 3.05) is 52.3 Å². The number of carbonyl (C=O) groups is 2. The van der Waals surface area contributed by atoms with Gasteiger partial charge < -0.3 is 24.4 Å². The number of aromatic amines is 1. The van der Waals surface area contributed by atoms with Crippen molar-refractivity contribution >= 4 is 28.4 Å². The lowest BCUT2D eigenvalue weighted by molar-refractivity contribution is -0.142. The van der Waals surface area contributed by atoms with Crippen LogP contribution < -0.4 is 4.90 Å². The molecule has 4 aromatic rings. The van der Waals surface area contributed by atoms with Gasteiger partial charge in [-0.1, -0.05) is 67.6 Å². The van der Waals surface area contributed by atoms with Gasteiger partial charge in [0.15, 0.2) is 0 Å². The third-order valence-corrected chi connectivity index (χ3v) is 7.62. The number of nitrogens with one attached hydrogen (secondary N) is 1. The van der Waals surface area contributed by atoms with E-state index in [-0.39, 0.29) is 24.3 Å². The molecule has 0 spiro atoms. The van der Waals surface area contributed by atoms with E-state index in [0.717, 1.165) is 22.3 Å². The van der Waals surface area contributed by atoms with Crippen LogP contribution in [0.3, 0.4) is 0 Å². The predicted octanol–water partition coefficient (Wildman–Crippen LogP) is 5.47. The number of amides is 2. The predicted molar refractivity (Wildman–Crippen MR) is 166 cm³/mol. The maximum atomic E-state index is 13.9. The van der Waals surface area contributed by atoms with E-state index in [9.17, 15) is 9.59 Å². The number of benzene rings is 3. The van der Waals surface area contributed by atoms with E-state index < -0.39 is 0 Å². The molecule has 1 N–H and O–H groups in total. The van der Waals surface area contributed by atoms with Crippen molar-refractivity contribution < 1.29 is 14.3 Å². The summed E-state index contributed by atoms with van der Waals surface area (Å²) in [6, 6.07) is 26.3. The molecule has 7 heteroatoms. The molecule has 216 valence electrons. The summed E-state index contributed by atoms with van der Waals surface area (Å²) in [5.74, 6) is -0.427. The van der Waals surface area contributed by atoms with Gasteiger partial charge in [0.25, 0.3) is 0 Å². The highest BCUT2D eigenvalue weighted by Crippen LogP contribution is 2.23. The van der Waals surface area contributed by atoms with Gasteiger partial charge in [-0.25, -0.2) is 0 Å². The molecule has 0 aliphatic rings. The van der Waals surface area contributed by atoms with Gasteiger partial charge in [-0.05, 0) is 47.7 Å². The summed E-state index contributed by atoms with van der Waals surface area (Å²) in [6.45, 7) is 3.76. The highest BCUT2D eigenvalue weighted by Gasteiger charge is 2.27. The maximum Gasteiger partial charge on any atom is 0.242 e. The van der Waals surface area contributed by atoms with Crippen molar-refractivity contribution in [3.05, 3.63) is 102 Å². The molecule has 0 saturated carbocycles. The van der Waals surface area contributed by atoms with E-state index in [1.54, 1.807) is 12.0 Å². The Hall–Kier alpha value is -4.10. The lowest BCUT2D eigenvalue weighted by Crippen LogP contribution is -2.46. The molecule has 1 unspecified atom stereocenters. The summed E-state index contributed by atoms with van der Waals surface area (Å²) in [7, 11) is 5.64. The molecule has 0 radical (unpaired) electrons. The summed E-state index contributed by atoms with van der Waals surface area (Å²) in [5.41, 5.74) is 5.37. The van der Waals surface area contributed by atoms with Gasteiger partial charge in [-0.15, -0.1) is 0 Å². The first kappa shape index (κ1) is 29.9. The first-order chi connectivity index (χ1) is 19.9. The first-order valence-corrected chi connectivity index (χ1v) is 14.3. The molecule has 0 saturated heterocycles. The average Bonchev–Trinajstić information content (AvgIpc) is 3.41. The molecular formula is C34H42N4O3. The number of ether oxygens (including phenoxy) is 1. The van der Waals surface area contributed by atoms with Crippen molar-refractivity contribution in [1.82, 2.24) is 14.8 Å². The molecule has 0 bridgehead atoms. The van der Waals surface area contributed by atoms with E-state index in [0.29, 0.717) is 39.1 Å². The monoisotopic (exact) mass is 554 g/mol. The highest BCUT2D eigenvalue weighted by molar-refractivity contribution is 5.89. The van der Waals surface area contributed by atoms with Crippen LogP contribution in [0.15, 0.2) is 85.1 Å². The Morgan fingerprint density at radius 2 is 1.59 bits per heavy atom. The largest absolute Gasteiger partial charge is 0.383 e. The zero-order valence-electron chi connectivity index (χ0n) is 24.7. The zero-order valence-corrected chi connectivity index (χ0v) is 24.7. The lowest BCUT2D eigenvalue weighted by atomic mass is 9.95. The Bertz CT molecular complexity index is 1400. The van der Waals surface area contributed by atoms with Crippen LogP contribution in [-0.4, -0.2) is 74.0 Å². The molecule has 1 aromatic heterocycles. The van der Waals surface area contributed by atoms with Crippen molar-refractivity contribution in [2.24, 2.45) is 0 Å². The summed E-state index contributed by atoms with van der Waals surface area (Å²) in [5, 5.41) is 1.17. The van der Waals surface area contributed by atoms with Crippen LogP contribution in [0.2, 0.25) is 0 Å². The summed E-state index contributed by atoms with van der Waals surface area (Å²) in [6.07, 6.45) is 3.39. The summed E-state index contributed by atoms with van der Waals surface area (Å²) >= 11 is 0. The number of rotatable bonds is 14. The van der Waals surface area contributed by atoms with Gasteiger partial charge in [0.05, 0.1) is 19.1 Å². The van der Waals surface area contributed by atoms with Gasteiger partial charge in [0.2, 0.25) is 11.8 Å². The average molecular weight is 555 g/mol. The standard InChI is InChI=1S/C34H42N4O3/c1-5-30(27-11-7-6-8-12-27)34(40)38(21-22-41-4)25-33(39)37(24-26-15-17-29(18-16-26)36(2)3)20-19-28-23-35-32-14-10-9-13-31(28)32/h6-18,23,30,35H,5,19-22,24-25H2,1-4H3. The fourth-order valence-corrected chi connectivity index (χ4v) is 5.20. The Morgan fingerprint density at radius 3 is 2.27 bits per heavy atom. The number of para-hydroxylation sites is 1. The number of hydrogen-bond donors (Lipinski definition) is 1. The minimum atomic E-state index is -0.306. The van der Waals surface area contributed by atoms with Crippen LogP contribution in [0.25, 0.3) is 10.9 Å². The van der Waals surface area contributed by atoms with Crippen LogP contribution in [0.5, 0.6) is 0 Å². The molecule has 41 heavy (non-hydrogen) atoms. The fourth-order valence-electron chi connectivity index (χ4n) is 5.20. The van der Waals surface area contributed by atoms with Crippen LogP contribution in [-0.2, 0) is 27.3 Å². The van der Waals surface area contributed by atoms with Gasteiger partial charge in [-0.3, -0.25) is 9.59 Å². The number of anilines is 1. The zero-order chi connectivity index (χ0) is 29.2. The van der Waals surface area contributed by atoms with Crippen molar-refractivity contribution in [1.29, 1.82) is 0 Å². The molecule has 7 nitrogen and oxygen atoms in total. The smallest absolute Gasteiger partial charge is 0.242 e. The SMILES string of the molecule is CCC(C(=O)N(CCOC)CC(=O)N(CCc1c[nH]c2ccccc12)Cc1ccc(N(C)C)cc1)c1ccccc1. The quantitative estimate of drug-likeness (QED) is 0.224. The number of H-pyrrole nitrogens is 1. The molecule has 4 rings (SSSR count). The Labute approximate surface area is 243 Å². The second-order valence-corrected chi connectivity index (χ2v) is 10.6.